The minimum atomic E-state index is -0.854. The number of rotatable bonds is 7. The van der Waals surface area contributed by atoms with Gasteiger partial charge in [-0.2, -0.15) is 0 Å². The summed E-state index contributed by atoms with van der Waals surface area (Å²) in [6.07, 6.45) is 3.72. The Morgan fingerprint density at radius 3 is 2.43 bits per heavy atom. The van der Waals surface area contributed by atoms with Crippen molar-refractivity contribution in [1.29, 1.82) is 0 Å². The third-order valence-electron chi connectivity index (χ3n) is 4.96. The number of amides is 1. The Bertz CT molecular complexity index is 432. The average Bonchev–Trinajstić information content (AvgIpc) is 3.06. The van der Waals surface area contributed by atoms with E-state index in [-0.39, 0.29) is 30.9 Å². The lowest BCUT2D eigenvalue weighted by molar-refractivity contribution is -0.141. The van der Waals surface area contributed by atoms with Crippen LogP contribution in [-0.2, 0) is 14.3 Å². The first-order valence-corrected chi connectivity index (χ1v) is 8.57. The maximum atomic E-state index is 12.7. The molecule has 2 saturated heterocycles. The lowest BCUT2D eigenvalue weighted by Gasteiger charge is -2.31. The third kappa shape index (κ3) is 5.18. The van der Waals surface area contributed by atoms with Crippen molar-refractivity contribution in [3.05, 3.63) is 0 Å². The van der Waals surface area contributed by atoms with E-state index in [1.807, 2.05) is 18.7 Å². The van der Waals surface area contributed by atoms with Crippen LogP contribution in [-0.4, -0.2) is 72.2 Å². The summed E-state index contributed by atoms with van der Waals surface area (Å²) in [5, 5.41) is 9.00. The van der Waals surface area contributed by atoms with Gasteiger partial charge in [-0.15, -0.1) is 0 Å². The zero-order valence-electron chi connectivity index (χ0n) is 14.6. The normalized spacial score (nSPS) is 26.0. The SMILES string of the molecule is CO[C@@H]1C[C@H](CN2CCCC2)N(C(=O)CC(C)(C)CC(=O)O)C1. The van der Waals surface area contributed by atoms with Crippen LogP contribution in [0.15, 0.2) is 0 Å². The fourth-order valence-electron chi connectivity index (χ4n) is 3.77. The van der Waals surface area contributed by atoms with Gasteiger partial charge in [0, 0.05) is 32.7 Å². The Balaban J connectivity index is 1.98. The molecule has 0 spiro atoms. The fraction of sp³-hybridized carbons (Fsp3) is 0.882. The Morgan fingerprint density at radius 2 is 1.87 bits per heavy atom. The summed E-state index contributed by atoms with van der Waals surface area (Å²) in [7, 11) is 1.69. The van der Waals surface area contributed by atoms with Crippen LogP contribution in [0.1, 0.15) is 46.0 Å². The van der Waals surface area contributed by atoms with E-state index in [2.05, 4.69) is 4.90 Å². The number of nitrogens with zero attached hydrogens (tertiary/aromatic N) is 2. The molecule has 2 aliphatic rings. The fourth-order valence-corrected chi connectivity index (χ4v) is 3.77. The number of carboxylic acid groups (broad SMARTS) is 1. The Labute approximate surface area is 138 Å². The monoisotopic (exact) mass is 326 g/mol. The van der Waals surface area contributed by atoms with Gasteiger partial charge in [-0.05, 0) is 37.8 Å². The number of likely N-dealkylation sites (tertiary alicyclic amines) is 2. The molecular weight excluding hydrogens is 296 g/mol. The molecule has 1 N–H and O–H groups in total. The third-order valence-corrected chi connectivity index (χ3v) is 4.96. The second-order valence-electron chi connectivity index (χ2n) is 7.71. The molecule has 0 saturated carbocycles. The second-order valence-corrected chi connectivity index (χ2v) is 7.71. The second kappa shape index (κ2) is 7.62. The summed E-state index contributed by atoms with van der Waals surface area (Å²) >= 11 is 0. The minimum absolute atomic E-state index is 0.0110. The molecule has 2 fully saturated rings. The molecule has 1 amide bonds. The highest BCUT2D eigenvalue weighted by molar-refractivity contribution is 5.78. The van der Waals surface area contributed by atoms with Crippen molar-refractivity contribution in [3.63, 3.8) is 0 Å². The minimum Gasteiger partial charge on any atom is -0.481 e. The standard InChI is InChI=1S/C17H30N2O4/c1-17(2,10-16(21)22)9-15(20)19-12-14(23-3)8-13(19)11-18-6-4-5-7-18/h13-14H,4-12H2,1-3H3,(H,21,22)/t13-,14-/m1/s1. The van der Waals surface area contributed by atoms with E-state index in [1.54, 1.807) is 7.11 Å². The Hall–Kier alpha value is -1.14. The van der Waals surface area contributed by atoms with Crippen LogP contribution in [0, 0.1) is 5.41 Å². The van der Waals surface area contributed by atoms with Crippen LogP contribution in [0.4, 0.5) is 0 Å². The van der Waals surface area contributed by atoms with Crippen LogP contribution < -0.4 is 0 Å². The molecule has 2 heterocycles. The van der Waals surface area contributed by atoms with Crippen LogP contribution in [0.2, 0.25) is 0 Å². The van der Waals surface area contributed by atoms with Crippen LogP contribution in [0.3, 0.4) is 0 Å². The van der Waals surface area contributed by atoms with Gasteiger partial charge in [0.25, 0.3) is 0 Å². The summed E-state index contributed by atoms with van der Waals surface area (Å²) in [6, 6.07) is 0.186. The Kier molecular flexibility index (Phi) is 6.03. The van der Waals surface area contributed by atoms with Crippen molar-refractivity contribution in [2.45, 2.75) is 58.1 Å². The maximum absolute atomic E-state index is 12.7. The number of carboxylic acids is 1. The van der Waals surface area contributed by atoms with Gasteiger partial charge in [0.05, 0.1) is 12.5 Å². The summed E-state index contributed by atoms with van der Waals surface area (Å²) in [4.78, 5) is 28.1. The van der Waals surface area contributed by atoms with Crippen LogP contribution in [0.25, 0.3) is 0 Å². The lowest BCUT2D eigenvalue weighted by atomic mass is 9.85. The van der Waals surface area contributed by atoms with Crippen molar-refractivity contribution in [1.82, 2.24) is 9.80 Å². The first kappa shape index (κ1) is 18.2. The van der Waals surface area contributed by atoms with Gasteiger partial charge in [-0.25, -0.2) is 0 Å². The molecule has 0 aromatic heterocycles. The molecule has 0 aromatic carbocycles. The van der Waals surface area contributed by atoms with E-state index >= 15 is 0 Å². The number of aliphatic carboxylic acids is 1. The van der Waals surface area contributed by atoms with Gasteiger partial charge in [-0.1, -0.05) is 13.8 Å². The molecule has 6 heteroatoms. The smallest absolute Gasteiger partial charge is 0.303 e. The largest absolute Gasteiger partial charge is 0.481 e. The van der Waals surface area contributed by atoms with Gasteiger partial charge in [0.1, 0.15) is 0 Å². The molecule has 2 rings (SSSR count). The van der Waals surface area contributed by atoms with Crippen molar-refractivity contribution < 1.29 is 19.4 Å². The number of carbonyl (C=O) groups excluding carboxylic acids is 1. The molecule has 0 radical (unpaired) electrons. The number of ether oxygens (including phenoxy) is 1. The van der Waals surface area contributed by atoms with Crippen molar-refractivity contribution in [2.75, 3.05) is 33.3 Å². The van der Waals surface area contributed by atoms with Crippen molar-refractivity contribution in [3.8, 4) is 0 Å². The maximum Gasteiger partial charge on any atom is 0.303 e. The highest BCUT2D eigenvalue weighted by atomic mass is 16.5. The molecule has 2 atom stereocenters. The molecule has 0 aliphatic carbocycles. The average molecular weight is 326 g/mol. The van der Waals surface area contributed by atoms with Crippen molar-refractivity contribution in [2.24, 2.45) is 5.41 Å². The number of carbonyl (C=O) groups is 2. The number of hydrogen-bond acceptors (Lipinski definition) is 4. The number of hydrogen-bond donors (Lipinski definition) is 1. The van der Waals surface area contributed by atoms with Gasteiger partial charge < -0.3 is 19.6 Å². The van der Waals surface area contributed by atoms with Crippen LogP contribution >= 0.6 is 0 Å². The highest BCUT2D eigenvalue weighted by Gasteiger charge is 2.38. The van der Waals surface area contributed by atoms with Gasteiger partial charge in [-0.3, -0.25) is 9.59 Å². The van der Waals surface area contributed by atoms with E-state index < -0.39 is 11.4 Å². The zero-order chi connectivity index (χ0) is 17.0. The van der Waals surface area contributed by atoms with E-state index in [0.717, 1.165) is 26.1 Å². The highest BCUT2D eigenvalue weighted by Crippen LogP contribution is 2.29. The topological polar surface area (TPSA) is 70.1 Å². The lowest BCUT2D eigenvalue weighted by Crippen LogP contribution is -2.44. The first-order chi connectivity index (χ1) is 10.8. The first-order valence-electron chi connectivity index (χ1n) is 8.57. The molecule has 6 nitrogen and oxygen atoms in total. The molecule has 23 heavy (non-hydrogen) atoms. The summed E-state index contributed by atoms with van der Waals surface area (Å²) in [5.41, 5.74) is -0.522. The van der Waals surface area contributed by atoms with E-state index in [4.69, 9.17) is 9.84 Å². The van der Waals surface area contributed by atoms with Crippen LogP contribution in [0.5, 0.6) is 0 Å². The Morgan fingerprint density at radius 1 is 1.22 bits per heavy atom. The van der Waals surface area contributed by atoms with E-state index in [1.165, 1.54) is 12.8 Å². The van der Waals surface area contributed by atoms with Crippen molar-refractivity contribution >= 4 is 11.9 Å². The zero-order valence-corrected chi connectivity index (χ0v) is 14.6. The van der Waals surface area contributed by atoms with Gasteiger partial charge in [0.2, 0.25) is 5.91 Å². The van der Waals surface area contributed by atoms with E-state index in [0.29, 0.717) is 6.54 Å². The quantitative estimate of drug-likeness (QED) is 0.769. The molecular formula is C17H30N2O4. The predicted molar refractivity (Wildman–Crippen MR) is 87.2 cm³/mol. The molecule has 0 aromatic rings. The molecule has 0 unspecified atom stereocenters. The van der Waals surface area contributed by atoms with Gasteiger partial charge >= 0.3 is 5.97 Å². The van der Waals surface area contributed by atoms with E-state index in [9.17, 15) is 9.59 Å². The molecule has 0 bridgehead atoms. The molecule has 2 aliphatic heterocycles. The summed E-state index contributed by atoms with van der Waals surface area (Å²) < 4.78 is 5.47. The summed E-state index contributed by atoms with van der Waals surface area (Å²) in [5.74, 6) is -0.799. The van der Waals surface area contributed by atoms with Gasteiger partial charge in [0.15, 0.2) is 0 Å². The summed E-state index contributed by atoms with van der Waals surface area (Å²) in [6.45, 7) is 7.44. The predicted octanol–water partition coefficient (Wildman–Crippen LogP) is 1.59. The number of methoxy groups -OCH3 is 1. The molecule has 132 valence electrons.